The molecule has 1 amide bonds. The molecule has 7 heteroatoms. The summed E-state index contributed by atoms with van der Waals surface area (Å²) in [4.78, 5) is 29.6. The van der Waals surface area contributed by atoms with Crippen LogP contribution in [-0.2, 0) is 6.54 Å². The van der Waals surface area contributed by atoms with E-state index >= 15 is 0 Å². The van der Waals surface area contributed by atoms with Gasteiger partial charge in [-0.05, 0) is 32.4 Å². The summed E-state index contributed by atoms with van der Waals surface area (Å²) in [6.45, 7) is 10.6. The molecule has 0 aliphatic carbocycles. The van der Waals surface area contributed by atoms with Crippen LogP contribution in [0.2, 0.25) is 0 Å². The fourth-order valence-corrected chi connectivity index (χ4v) is 3.80. The van der Waals surface area contributed by atoms with Gasteiger partial charge < -0.3 is 19.7 Å². The maximum Gasteiger partial charge on any atom is 0.259 e. The Bertz CT molecular complexity index is 919. The summed E-state index contributed by atoms with van der Waals surface area (Å²) in [5.74, 6) is -0.704. The second-order valence-electron chi connectivity index (χ2n) is 7.10. The van der Waals surface area contributed by atoms with Gasteiger partial charge in [-0.25, -0.2) is 4.39 Å². The first-order chi connectivity index (χ1) is 13.5. The highest BCUT2D eigenvalue weighted by molar-refractivity contribution is 5.97. The minimum Gasteiger partial charge on any atom is -0.367 e. The second kappa shape index (κ2) is 8.73. The minimum absolute atomic E-state index is 0.110. The van der Waals surface area contributed by atoms with E-state index in [4.69, 9.17) is 0 Å². The number of fused-ring (bicyclic) bond motifs is 1. The maximum absolute atomic E-state index is 14.9. The predicted molar refractivity (Wildman–Crippen MR) is 111 cm³/mol. The molecule has 0 spiro atoms. The lowest BCUT2D eigenvalue weighted by Crippen LogP contribution is -2.44. The molecule has 0 unspecified atom stereocenters. The number of carbonyl (C=O) groups is 1. The van der Waals surface area contributed by atoms with Crippen LogP contribution in [0.5, 0.6) is 0 Å². The number of amides is 1. The fourth-order valence-electron chi connectivity index (χ4n) is 3.80. The van der Waals surface area contributed by atoms with Gasteiger partial charge in [0.15, 0.2) is 0 Å². The number of aromatic nitrogens is 1. The van der Waals surface area contributed by atoms with Crippen LogP contribution in [0, 0.1) is 5.82 Å². The highest BCUT2D eigenvalue weighted by atomic mass is 19.1. The molecule has 28 heavy (non-hydrogen) atoms. The van der Waals surface area contributed by atoms with Crippen molar-refractivity contribution in [1.82, 2.24) is 14.8 Å². The molecule has 1 fully saturated rings. The maximum atomic E-state index is 14.9. The Morgan fingerprint density at radius 3 is 2.54 bits per heavy atom. The van der Waals surface area contributed by atoms with Crippen molar-refractivity contribution in [2.75, 3.05) is 44.2 Å². The lowest BCUT2D eigenvalue weighted by atomic mass is 10.1. The third-order valence-electron chi connectivity index (χ3n) is 5.34. The number of nitrogens with one attached hydrogen (secondary N) is 1. The molecule has 0 saturated carbocycles. The Hall–Kier alpha value is -2.41. The van der Waals surface area contributed by atoms with E-state index in [1.54, 1.807) is 17.2 Å². The van der Waals surface area contributed by atoms with E-state index in [9.17, 15) is 14.0 Å². The van der Waals surface area contributed by atoms with Crippen LogP contribution in [0.15, 0.2) is 23.1 Å². The quantitative estimate of drug-likeness (QED) is 0.826. The molecule has 1 N–H and O–H groups in total. The van der Waals surface area contributed by atoms with E-state index < -0.39 is 11.2 Å². The SMILES string of the molecule is CCCN(CC)C(=O)c1cn(CC)c2cc(N3CCNCC3)c(F)cc2c1=O. The normalized spacial score (nSPS) is 14.5. The van der Waals surface area contributed by atoms with Crippen molar-refractivity contribution in [1.29, 1.82) is 0 Å². The van der Waals surface area contributed by atoms with Gasteiger partial charge in [0.2, 0.25) is 5.43 Å². The van der Waals surface area contributed by atoms with Gasteiger partial charge in [0.25, 0.3) is 5.91 Å². The number of benzene rings is 1. The largest absolute Gasteiger partial charge is 0.367 e. The Morgan fingerprint density at radius 1 is 1.21 bits per heavy atom. The standard InChI is InChI=1S/C21H29FN4O2/c1-4-9-24(5-2)21(28)16-14-25(6-3)18-13-19(26-10-7-23-8-11-26)17(22)12-15(18)20(16)27/h12-14,23H,4-11H2,1-3H3. The molecule has 0 radical (unpaired) electrons. The third kappa shape index (κ3) is 3.76. The number of rotatable bonds is 6. The van der Waals surface area contributed by atoms with E-state index in [0.29, 0.717) is 30.8 Å². The summed E-state index contributed by atoms with van der Waals surface area (Å²) < 4.78 is 16.8. The highest BCUT2D eigenvalue weighted by Crippen LogP contribution is 2.26. The van der Waals surface area contributed by atoms with Gasteiger partial charge >= 0.3 is 0 Å². The molecule has 1 aliphatic heterocycles. The number of aryl methyl sites for hydroxylation is 1. The van der Waals surface area contributed by atoms with Crippen molar-refractivity contribution < 1.29 is 9.18 Å². The van der Waals surface area contributed by atoms with Gasteiger partial charge in [-0.3, -0.25) is 9.59 Å². The number of nitrogens with zero attached hydrogens (tertiary/aromatic N) is 3. The van der Waals surface area contributed by atoms with Crippen LogP contribution in [0.3, 0.4) is 0 Å². The predicted octanol–water partition coefficient (Wildman–Crippen LogP) is 2.44. The molecule has 2 heterocycles. The molecular formula is C21H29FN4O2. The van der Waals surface area contributed by atoms with Crippen molar-refractivity contribution in [3.63, 3.8) is 0 Å². The molecule has 3 rings (SSSR count). The third-order valence-corrected chi connectivity index (χ3v) is 5.34. The topological polar surface area (TPSA) is 57.6 Å². The van der Waals surface area contributed by atoms with E-state index in [2.05, 4.69) is 5.32 Å². The van der Waals surface area contributed by atoms with Crippen LogP contribution in [0.4, 0.5) is 10.1 Å². The zero-order valence-corrected chi connectivity index (χ0v) is 16.9. The molecule has 1 saturated heterocycles. The van der Waals surface area contributed by atoms with Crippen molar-refractivity contribution in [2.45, 2.75) is 33.7 Å². The summed E-state index contributed by atoms with van der Waals surface area (Å²) in [7, 11) is 0. The minimum atomic E-state index is -0.417. The number of carbonyl (C=O) groups excluding carboxylic acids is 1. The van der Waals surface area contributed by atoms with E-state index in [1.165, 1.54) is 6.07 Å². The summed E-state index contributed by atoms with van der Waals surface area (Å²) in [6.07, 6.45) is 2.45. The van der Waals surface area contributed by atoms with Crippen LogP contribution in [0.25, 0.3) is 10.9 Å². The number of piperazine rings is 1. The van der Waals surface area contributed by atoms with E-state index in [0.717, 1.165) is 32.6 Å². The number of hydrogen-bond acceptors (Lipinski definition) is 4. The molecule has 2 aromatic rings. The summed E-state index contributed by atoms with van der Waals surface area (Å²) in [6, 6.07) is 3.05. The zero-order valence-electron chi connectivity index (χ0n) is 16.9. The first-order valence-corrected chi connectivity index (χ1v) is 10.1. The van der Waals surface area contributed by atoms with Crippen LogP contribution < -0.4 is 15.6 Å². The average molecular weight is 388 g/mol. The van der Waals surface area contributed by atoms with Crippen LogP contribution >= 0.6 is 0 Å². The molecule has 1 aromatic heterocycles. The second-order valence-corrected chi connectivity index (χ2v) is 7.10. The van der Waals surface area contributed by atoms with Crippen molar-refractivity contribution >= 4 is 22.5 Å². The monoisotopic (exact) mass is 388 g/mol. The first-order valence-electron chi connectivity index (χ1n) is 10.1. The Labute approximate surface area is 164 Å². The smallest absolute Gasteiger partial charge is 0.259 e. The molecule has 0 bridgehead atoms. The summed E-state index contributed by atoms with van der Waals surface area (Å²) in [5.41, 5.74) is 0.886. The Morgan fingerprint density at radius 2 is 1.93 bits per heavy atom. The molecule has 1 aromatic carbocycles. The van der Waals surface area contributed by atoms with Gasteiger partial charge in [0.1, 0.15) is 11.4 Å². The number of hydrogen-bond donors (Lipinski definition) is 1. The van der Waals surface area contributed by atoms with Gasteiger partial charge in [0.05, 0.1) is 11.2 Å². The highest BCUT2D eigenvalue weighted by Gasteiger charge is 2.22. The number of pyridine rings is 1. The van der Waals surface area contributed by atoms with E-state index in [1.807, 2.05) is 30.2 Å². The van der Waals surface area contributed by atoms with Gasteiger partial charge in [0, 0.05) is 57.4 Å². The van der Waals surface area contributed by atoms with E-state index in [-0.39, 0.29) is 16.9 Å². The average Bonchev–Trinajstić information content (AvgIpc) is 2.72. The summed E-state index contributed by atoms with van der Waals surface area (Å²) >= 11 is 0. The fraction of sp³-hybridized carbons (Fsp3) is 0.524. The molecule has 6 nitrogen and oxygen atoms in total. The Kier molecular flexibility index (Phi) is 6.34. The van der Waals surface area contributed by atoms with Crippen LogP contribution in [0.1, 0.15) is 37.6 Å². The first kappa shape index (κ1) is 20.3. The van der Waals surface area contributed by atoms with Crippen LogP contribution in [-0.4, -0.2) is 54.6 Å². The molecular weight excluding hydrogens is 359 g/mol. The van der Waals surface area contributed by atoms with Crippen molar-refractivity contribution in [3.05, 3.63) is 39.9 Å². The molecule has 1 aliphatic rings. The lowest BCUT2D eigenvalue weighted by molar-refractivity contribution is 0.0762. The zero-order chi connectivity index (χ0) is 20.3. The van der Waals surface area contributed by atoms with Gasteiger partial charge in [-0.2, -0.15) is 0 Å². The summed E-state index contributed by atoms with van der Waals surface area (Å²) in [5, 5.41) is 3.52. The lowest BCUT2D eigenvalue weighted by Gasteiger charge is -2.30. The molecule has 152 valence electrons. The van der Waals surface area contributed by atoms with Crippen molar-refractivity contribution in [2.24, 2.45) is 0 Å². The number of halogens is 1. The van der Waals surface area contributed by atoms with Gasteiger partial charge in [-0.15, -0.1) is 0 Å². The van der Waals surface area contributed by atoms with Crippen molar-refractivity contribution in [3.8, 4) is 0 Å². The number of anilines is 1. The van der Waals surface area contributed by atoms with Gasteiger partial charge in [-0.1, -0.05) is 6.92 Å². The molecule has 0 atom stereocenters. The Balaban J connectivity index is 2.14.